The molecule has 1 rings (SSSR count). The second-order valence-electron chi connectivity index (χ2n) is 2.86. The number of halogens is 1. The molecule has 15 heavy (non-hydrogen) atoms. The number of nitro benzene ring substituents is 1. The van der Waals surface area contributed by atoms with Gasteiger partial charge in [0.1, 0.15) is 5.69 Å². The first-order chi connectivity index (χ1) is 6.91. The highest BCUT2D eigenvalue weighted by molar-refractivity contribution is 7.80. The smallest absolute Gasteiger partial charge is 0.293 e. The molecule has 7 heteroatoms. The van der Waals surface area contributed by atoms with Crippen molar-refractivity contribution in [2.75, 3.05) is 5.32 Å². The van der Waals surface area contributed by atoms with Crippen molar-refractivity contribution in [1.29, 1.82) is 0 Å². The average molecular weight is 246 g/mol. The van der Waals surface area contributed by atoms with E-state index in [1.807, 2.05) is 0 Å². The molecule has 0 unspecified atom stereocenters. The summed E-state index contributed by atoms with van der Waals surface area (Å²) < 4.78 is 0. The lowest BCUT2D eigenvalue weighted by Gasteiger charge is -2.06. The summed E-state index contributed by atoms with van der Waals surface area (Å²) in [5, 5.41) is 13.6. The van der Waals surface area contributed by atoms with Crippen molar-refractivity contribution in [3.8, 4) is 0 Å². The lowest BCUT2D eigenvalue weighted by atomic mass is 10.2. The minimum atomic E-state index is -0.524. The third kappa shape index (κ3) is 2.77. The minimum Gasteiger partial charge on any atom is -0.376 e. The molecule has 1 aromatic carbocycles. The number of nitrogens with zero attached hydrogens (tertiary/aromatic N) is 1. The summed E-state index contributed by atoms with van der Waals surface area (Å²) in [6, 6.07) is 2.79. The van der Waals surface area contributed by atoms with Crippen LogP contribution in [0.4, 0.5) is 11.4 Å². The van der Waals surface area contributed by atoms with Gasteiger partial charge in [-0.25, -0.2) is 0 Å². The Morgan fingerprint density at radius 2 is 2.27 bits per heavy atom. The molecule has 0 aliphatic carbocycles. The number of hydrogen-bond donors (Lipinski definition) is 2. The molecule has 0 amide bonds. The molecule has 0 radical (unpaired) electrons. The average Bonchev–Trinajstić information content (AvgIpc) is 2.09. The molecule has 3 N–H and O–H groups in total. The SMILES string of the molecule is Cc1cc([N+](=O)[O-])c(NC(N)=S)cc1Cl. The maximum Gasteiger partial charge on any atom is 0.293 e. The molecule has 0 aliphatic heterocycles. The van der Waals surface area contributed by atoms with Crippen molar-refractivity contribution < 1.29 is 4.92 Å². The Morgan fingerprint density at radius 1 is 1.67 bits per heavy atom. The van der Waals surface area contributed by atoms with Crippen LogP contribution in [0, 0.1) is 17.0 Å². The standard InChI is InChI=1S/C8H8ClN3O2S/c1-4-2-7(12(13)14)6(3-5(4)9)11-8(10)15/h2-3H,1H3,(H3,10,11,15). The summed E-state index contributed by atoms with van der Waals surface area (Å²) in [6.07, 6.45) is 0. The first-order valence-corrected chi connectivity index (χ1v) is 4.71. The molecular weight excluding hydrogens is 238 g/mol. The third-order valence-corrected chi connectivity index (χ3v) is 2.24. The van der Waals surface area contributed by atoms with Crippen LogP contribution < -0.4 is 11.1 Å². The van der Waals surface area contributed by atoms with Gasteiger partial charge in [-0.3, -0.25) is 10.1 Å². The molecule has 0 fully saturated rings. The Hall–Kier alpha value is -1.40. The van der Waals surface area contributed by atoms with Crippen LogP contribution >= 0.6 is 23.8 Å². The lowest BCUT2D eigenvalue weighted by molar-refractivity contribution is -0.383. The van der Waals surface area contributed by atoms with E-state index in [9.17, 15) is 10.1 Å². The summed E-state index contributed by atoms with van der Waals surface area (Å²) in [5.41, 5.74) is 5.95. The number of rotatable bonds is 2. The van der Waals surface area contributed by atoms with Gasteiger partial charge >= 0.3 is 0 Å². The van der Waals surface area contributed by atoms with Gasteiger partial charge in [-0.15, -0.1) is 0 Å². The van der Waals surface area contributed by atoms with Crippen LogP contribution in [0.1, 0.15) is 5.56 Å². The fraction of sp³-hybridized carbons (Fsp3) is 0.125. The molecule has 0 aromatic heterocycles. The molecule has 5 nitrogen and oxygen atoms in total. The fourth-order valence-electron chi connectivity index (χ4n) is 1.05. The Labute approximate surface area is 96.4 Å². The zero-order valence-electron chi connectivity index (χ0n) is 7.78. The highest BCUT2D eigenvalue weighted by atomic mass is 35.5. The van der Waals surface area contributed by atoms with Crippen molar-refractivity contribution in [3.63, 3.8) is 0 Å². The largest absolute Gasteiger partial charge is 0.376 e. The zero-order chi connectivity index (χ0) is 11.6. The number of benzene rings is 1. The molecule has 0 saturated heterocycles. The van der Waals surface area contributed by atoms with Crippen LogP contribution in [0.5, 0.6) is 0 Å². The maximum absolute atomic E-state index is 10.7. The molecule has 0 bridgehead atoms. The van der Waals surface area contributed by atoms with Crippen LogP contribution in [0.2, 0.25) is 5.02 Å². The van der Waals surface area contributed by atoms with Gasteiger partial charge in [0.15, 0.2) is 5.11 Å². The van der Waals surface area contributed by atoms with Gasteiger partial charge in [0.2, 0.25) is 0 Å². The van der Waals surface area contributed by atoms with Gasteiger partial charge in [-0.05, 0) is 30.8 Å². The van der Waals surface area contributed by atoms with Crippen molar-refractivity contribution >= 4 is 40.3 Å². The Morgan fingerprint density at radius 3 is 2.73 bits per heavy atom. The van der Waals surface area contributed by atoms with E-state index in [1.165, 1.54) is 12.1 Å². The Kier molecular flexibility index (Phi) is 3.43. The molecular formula is C8H8ClN3O2S. The number of nitro groups is 1. The van der Waals surface area contributed by atoms with Crippen LogP contribution in [-0.2, 0) is 0 Å². The number of hydrogen-bond acceptors (Lipinski definition) is 3. The first kappa shape index (κ1) is 11.7. The summed E-state index contributed by atoms with van der Waals surface area (Å²) in [4.78, 5) is 10.2. The highest BCUT2D eigenvalue weighted by Gasteiger charge is 2.16. The fourth-order valence-corrected chi connectivity index (χ4v) is 1.32. The second kappa shape index (κ2) is 4.41. The predicted molar refractivity (Wildman–Crippen MR) is 63.3 cm³/mol. The normalized spacial score (nSPS) is 9.73. The van der Waals surface area contributed by atoms with E-state index in [0.717, 1.165) is 0 Å². The van der Waals surface area contributed by atoms with E-state index in [-0.39, 0.29) is 16.5 Å². The van der Waals surface area contributed by atoms with E-state index < -0.39 is 4.92 Å². The molecule has 0 spiro atoms. The van der Waals surface area contributed by atoms with Crippen molar-refractivity contribution in [2.45, 2.75) is 6.92 Å². The number of nitrogens with two attached hydrogens (primary N) is 1. The van der Waals surface area contributed by atoms with Gasteiger partial charge in [0.05, 0.1) is 4.92 Å². The molecule has 0 saturated carbocycles. The summed E-state index contributed by atoms with van der Waals surface area (Å²) >= 11 is 10.4. The summed E-state index contributed by atoms with van der Waals surface area (Å²) in [6.45, 7) is 1.68. The topological polar surface area (TPSA) is 81.2 Å². The number of nitrogens with one attached hydrogen (secondary N) is 1. The summed E-state index contributed by atoms with van der Waals surface area (Å²) in [5.74, 6) is 0. The Balaban J connectivity index is 3.28. The van der Waals surface area contributed by atoms with Crippen LogP contribution in [0.25, 0.3) is 0 Å². The molecule has 1 aromatic rings. The van der Waals surface area contributed by atoms with Crippen molar-refractivity contribution in [1.82, 2.24) is 0 Å². The van der Waals surface area contributed by atoms with Crippen molar-refractivity contribution in [2.24, 2.45) is 5.73 Å². The van der Waals surface area contributed by atoms with Crippen LogP contribution in [-0.4, -0.2) is 10.0 Å². The minimum absolute atomic E-state index is 0.0435. The monoisotopic (exact) mass is 245 g/mol. The van der Waals surface area contributed by atoms with E-state index in [4.69, 9.17) is 17.3 Å². The van der Waals surface area contributed by atoms with Crippen LogP contribution in [0.15, 0.2) is 12.1 Å². The predicted octanol–water partition coefficient (Wildman–Crippen LogP) is 2.21. The van der Waals surface area contributed by atoms with Gasteiger partial charge in [-0.2, -0.15) is 0 Å². The van der Waals surface area contributed by atoms with Gasteiger partial charge < -0.3 is 11.1 Å². The van der Waals surface area contributed by atoms with Crippen LogP contribution in [0.3, 0.4) is 0 Å². The molecule has 80 valence electrons. The molecule has 0 heterocycles. The highest BCUT2D eigenvalue weighted by Crippen LogP contribution is 2.30. The summed E-state index contributed by atoms with van der Waals surface area (Å²) in [7, 11) is 0. The van der Waals surface area contributed by atoms with E-state index in [1.54, 1.807) is 6.92 Å². The zero-order valence-corrected chi connectivity index (χ0v) is 9.35. The third-order valence-electron chi connectivity index (χ3n) is 1.73. The number of aryl methyl sites for hydroxylation is 1. The van der Waals surface area contributed by atoms with Gasteiger partial charge in [-0.1, -0.05) is 11.6 Å². The van der Waals surface area contributed by atoms with E-state index in [0.29, 0.717) is 10.6 Å². The Bertz CT molecular complexity index is 436. The number of anilines is 1. The molecule has 0 atom stereocenters. The van der Waals surface area contributed by atoms with Gasteiger partial charge in [0.25, 0.3) is 5.69 Å². The van der Waals surface area contributed by atoms with Gasteiger partial charge in [0, 0.05) is 11.1 Å². The second-order valence-corrected chi connectivity index (χ2v) is 3.71. The first-order valence-electron chi connectivity index (χ1n) is 3.93. The maximum atomic E-state index is 10.7. The van der Waals surface area contributed by atoms with E-state index >= 15 is 0 Å². The van der Waals surface area contributed by atoms with E-state index in [2.05, 4.69) is 17.5 Å². The lowest BCUT2D eigenvalue weighted by Crippen LogP contribution is -2.19. The quantitative estimate of drug-likeness (QED) is 0.474. The molecule has 0 aliphatic rings. The van der Waals surface area contributed by atoms with Crippen molar-refractivity contribution in [3.05, 3.63) is 32.8 Å². The number of thiocarbonyl (C=S) groups is 1.